The molecule has 1 heterocycles. The predicted molar refractivity (Wildman–Crippen MR) is 153 cm³/mol. The van der Waals surface area contributed by atoms with Crippen molar-refractivity contribution in [1.29, 1.82) is 0 Å². The van der Waals surface area contributed by atoms with Gasteiger partial charge in [-0.25, -0.2) is 0 Å². The van der Waals surface area contributed by atoms with Gasteiger partial charge in [-0.2, -0.15) is 0 Å². The summed E-state index contributed by atoms with van der Waals surface area (Å²) in [7, 11) is -1.01. The number of aliphatic imine (C=N–C) groups is 1. The maximum absolute atomic E-state index is 7.12. The maximum atomic E-state index is 7.12. The molecule has 2 atom stereocenters. The van der Waals surface area contributed by atoms with E-state index in [1.165, 1.54) is 10.4 Å². The fourth-order valence-corrected chi connectivity index (χ4v) is 9.65. The van der Waals surface area contributed by atoms with Crippen LogP contribution in [0.1, 0.15) is 40.2 Å². The number of ether oxygens (including phenoxy) is 3. The highest BCUT2D eigenvalue weighted by Crippen LogP contribution is 2.38. The molecule has 0 unspecified atom stereocenters. The molecule has 1 fully saturated rings. The zero-order valence-corrected chi connectivity index (χ0v) is 23.8. The molecule has 6 heteroatoms. The van der Waals surface area contributed by atoms with Gasteiger partial charge in [0.25, 0.3) is 8.32 Å². The minimum atomic E-state index is -2.68. The Morgan fingerprint density at radius 3 is 1.95 bits per heavy atom. The van der Waals surface area contributed by atoms with Crippen LogP contribution in [0.4, 0.5) is 0 Å². The van der Waals surface area contributed by atoms with E-state index in [9.17, 15) is 0 Å². The third-order valence-corrected chi connectivity index (χ3v) is 11.8. The molecule has 0 bridgehead atoms. The summed E-state index contributed by atoms with van der Waals surface area (Å²) in [6.45, 7) is 11.7. The Kier molecular flexibility index (Phi) is 8.34. The summed E-state index contributed by atoms with van der Waals surface area (Å²) in [5, 5.41) is 2.39. The Balaban J connectivity index is 1.58. The Morgan fingerprint density at radius 1 is 0.865 bits per heavy atom. The summed E-state index contributed by atoms with van der Waals surface area (Å²) in [5.74, 6) is 0.124. The number of rotatable bonds is 9. The molecular weight excluding hydrogens is 478 g/mol. The Hall–Kier alpha value is -2.77. The smallest absolute Gasteiger partial charge is 0.261 e. The van der Waals surface area contributed by atoms with Crippen LogP contribution in [0, 0.1) is 0 Å². The fourth-order valence-electron chi connectivity index (χ4n) is 5.08. The van der Waals surface area contributed by atoms with Crippen molar-refractivity contribution in [1.82, 2.24) is 0 Å². The normalized spacial score (nSPS) is 19.8. The van der Waals surface area contributed by atoms with Gasteiger partial charge >= 0.3 is 0 Å². The van der Waals surface area contributed by atoms with Gasteiger partial charge in [0.2, 0.25) is 0 Å². The lowest BCUT2D eigenvalue weighted by atomic mass is 10.2. The van der Waals surface area contributed by atoms with Crippen LogP contribution < -0.4 is 15.1 Å². The number of hydrogen-bond donors (Lipinski definition) is 0. The number of benzene rings is 3. The van der Waals surface area contributed by atoms with E-state index in [4.69, 9.17) is 18.6 Å². The first-order chi connectivity index (χ1) is 17.6. The molecule has 1 aliphatic rings. The number of nitrogens with zero attached hydrogens (tertiary/aromatic N) is 1. The third kappa shape index (κ3) is 6.21. The van der Waals surface area contributed by atoms with Crippen LogP contribution in [-0.4, -0.2) is 46.2 Å². The minimum absolute atomic E-state index is 0.108. The summed E-state index contributed by atoms with van der Waals surface area (Å²) in [5.41, 5.74) is 1.11. The molecular formula is C31H39NO4Si. The molecule has 3 aromatic rings. The van der Waals surface area contributed by atoms with Gasteiger partial charge in [-0.1, -0.05) is 93.6 Å². The van der Waals surface area contributed by atoms with Crippen molar-refractivity contribution in [3.05, 3.63) is 90.5 Å². The van der Waals surface area contributed by atoms with Crippen molar-refractivity contribution in [2.45, 2.75) is 64.2 Å². The van der Waals surface area contributed by atoms with E-state index in [2.05, 4.69) is 86.4 Å². The van der Waals surface area contributed by atoms with Crippen molar-refractivity contribution >= 4 is 24.9 Å². The highest BCUT2D eigenvalue weighted by molar-refractivity contribution is 6.99. The van der Waals surface area contributed by atoms with E-state index >= 15 is 0 Å². The lowest BCUT2D eigenvalue weighted by Gasteiger charge is -2.43. The first-order valence-electron chi connectivity index (χ1n) is 12.9. The predicted octanol–water partition coefficient (Wildman–Crippen LogP) is 5.36. The Morgan fingerprint density at radius 2 is 1.43 bits per heavy atom. The molecule has 196 valence electrons. The van der Waals surface area contributed by atoms with Crippen molar-refractivity contribution in [3.8, 4) is 5.75 Å². The van der Waals surface area contributed by atoms with Crippen LogP contribution in [0.25, 0.3) is 0 Å². The average Bonchev–Trinajstić information content (AvgIpc) is 3.18. The summed E-state index contributed by atoms with van der Waals surface area (Å²) < 4.78 is 25.0. The molecule has 1 aliphatic heterocycles. The number of hydrogen-bond acceptors (Lipinski definition) is 5. The molecule has 4 rings (SSSR count). The Bertz CT molecular complexity index is 1120. The zero-order chi connectivity index (χ0) is 26.5. The van der Waals surface area contributed by atoms with E-state index < -0.39 is 14.1 Å². The molecule has 0 aliphatic carbocycles. The Labute approximate surface area is 222 Å². The highest BCUT2D eigenvalue weighted by atomic mass is 28.4. The van der Waals surface area contributed by atoms with Gasteiger partial charge < -0.3 is 18.6 Å². The molecule has 0 spiro atoms. The van der Waals surface area contributed by atoms with Gasteiger partial charge in [0, 0.05) is 6.21 Å². The van der Waals surface area contributed by atoms with Crippen molar-refractivity contribution in [3.63, 3.8) is 0 Å². The molecule has 0 aromatic heterocycles. The highest BCUT2D eigenvalue weighted by Gasteiger charge is 2.51. The molecule has 0 saturated carbocycles. The summed E-state index contributed by atoms with van der Waals surface area (Å²) >= 11 is 0. The first kappa shape index (κ1) is 27.3. The quantitative estimate of drug-likeness (QED) is 0.283. The van der Waals surface area contributed by atoms with E-state index in [-0.39, 0.29) is 17.2 Å². The molecule has 0 N–H and O–H groups in total. The largest absolute Gasteiger partial charge is 0.497 e. The van der Waals surface area contributed by atoms with Gasteiger partial charge in [0.15, 0.2) is 5.79 Å². The van der Waals surface area contributed by atoms with Crippen LogP contribution >= 0.6 is 0 Å². The minimum Gasteiger partial charge on any atom is -0.497 e. The lowest BCUT2D eigenvalue weighted by Crippen LogP contribution is -2.67. The summed E-state index contributed by atoms with van der Waals surface area (Å²) in [6, 6.07) is 29.3. The monoisotopic (exact) mass is 517 g/mol. The van der Waals surface area contributed by atoms with Crippen molar-refractivity contribution in [2.24, 2.45) is 4.99 Å². The number of methoxy groups -OCH3 is 1. The molecule has 1 saturated heterocycles. The van der Waals surface area contributed by atoms with E-state index in [0.29, 0.717) is 13.2 Å². The summed E-state index contributed by atoms with van der Waals surface area (Å²) in [6.07, 6.45) is 1.31. The molecule has 37 heavy (non-hydrogen) atoms. The average molecular weight is 518 g/mol. The van der Waals surface area contributed by atoms with E-state index in [1.807, 2.05) is 44.3 Å². The zero-order valence-electron chi connectivity index (χ0n) is 22.8. The second kappa shape index (κ2) is 11.3. The topological polar surface area (TPSA) is 49.3 Å². The van der Waals surface area contributed by atoms with Crippen LogP contribution in [0.3, 0.4) is 0 Å². The molecule has 3 aromatic carbocycles. The second-order valence-electron chi connectivity index (χ2n) is 11.0. The van der Waals surface area contributed by atoms with Gasteiger partial charge in [-0.3, -0.25) is 4.99 Å². The standard InChI is InChI=1S/C31H39NO4Si/c1-30(2,3)37(26-13-9-7-10-14-26,27-15-11-8-12-16-27)34-23-29-28(35-31(4,5)36-29)22-32-21-24-17-19-25(33-6)20-18-24/h7-20,22,28-29H,21,23H2,1-6H3/t28-,29-/m0/s1. The molecule has 5 nitrogen and oxygen atoms in total. The van der Waals surface area contributed by atoms with Gasteiger partial charge in [0.1, 0.15) is 18.0 Å². The second-order valence-corrected chi connectivity index (χ2v) is 15.3. The lowest BCUT2D eigenvalue weighted by molar-refractivity contribution is -0.144. The van der Waals surface area contributed by atoms with Crippen molar-refractivity contribution in [2.75, 3.05) is 13.7 Å². The first-order valence-corrected chi connectivity index (χ1v) is 14.8. The third-order valence-electron chi connectivity index (χ3n) is 6.79. The molecule has 0 amide bonds. The van der Waals surface area contributed by atoms with Crippen LogP contribution in [0.15, 0.2) is 89.9 Å². The van der Waals surface area contributed by atoms with E-state index in [0.717, 1.165) is 11.3 Å². The van der Waals surface area contributed by atoms with Crippen LogP contribution in [0.5, 0.6) is 5.75 Å². The van der Waals surface area contributed by atoms with Gasteiger partial charge in [0.05, 0.1) is 20.3 Å². The van der Waals surface area contributed by atoms with Gasteiger partial charge in [-0.15, -0.1) is 0 Å². The fraction of sp³-hybridized carbons (Fsp3) is 0.387. The maximum Gasteiger partial charge on any atom is 0.261 e. The van der Waals surface area contributed by atoms with Crippen LogP contribution in [-0.2, 0) is 20.4 Å². The van der Waals surface area contributed by atoms with Crippen LogP contribution in [0.2, 0.25) is 5.04 Å². The van der Waals surface area contributed by atoms with E-state index in [1.54, 1.807) is 7.11 Å². The summed E-state index contributed by atoms with van der Waals surface area (Å²) in [4.78, 5) is 4.69. The SMILES string of the molecule is COc1ccc(CN=C[C@@H]2OC(C)(C)O[C@H]2CO[Si](c2ccccc2)(c2ccccc2)C(C)(C)C)cc1. The van der Waals surface area contributed by atoms with Crippen molar-refractivity contribution < 1.29 is 18.6 Å². The van der Waals surface area contributed by atoms with Gasteiger partial charge in [-0.05, 0) is 47.0 Å². The molecule has 0 radical (unpaired) electrons.